The molecule has 2 aromatic rings. The largest absolute Gasteiger partial charge is 0.467 e. The highest BCUT2D eigenvalue weighted by Crippen LogP contribution is 2.22. The Kier molecular flexibility index (Phi) is 9.51. The molecule has 134 valence electrons. The summed E-state index contributed by atoms with van der Waals surface area (Å²) >= 11 is 0. The molecule has 0 atom stereocenters. The molecule has 0 aromatic carbocycles. The summed E-state index contributed by atoms with van der Waals surface area (Å²) in [6, 6.07) is 5.81. The Balaban J connectivity index is 0.00000288. The zero-order chi connectivity index (χ0) is 16.5. The zero-order valence-electron chi connectivity index (χ0n) is 14.5. The maximum atomic E-state index is 5.40. The molecular formula is C17H27IN4O2. The summed E-state index contributed by atoms with van der Waals surface area (Å²) in [6.07, 6.45) is 3.80. The van der Waals surface area contributed by atoms with E-state index in [1.54, 1.807) is 6.26 Å². The van der Waals surface area contributed by atoms with Crippen LogP contribution in [0.4, 0.5) is 0 Å². The summed E-state index contributed by atoms with van der Waals surface area (Å²) < 4.78 is 10.7. The van der Waals surface area contributed by atoms with E-state index in [-0.39, 0.29) is 24.0 Å². The molecule has 0 saturated carbocycles. The van der Waals surface area contributed by atoms with Gasteiger partial charge in [-0.1, -0.05) is 19.0 Å². The van der Waals surface area contributed by atoms with Crippen molar-refractivity contribution >= 4 is 29.9 Å². The van der Waals surface area contributed by atoms with Crippen LogP contribution in [0.2, 0.25) is 0 Å². The van der Waals surface area contributed by atoms with Crippen LogP contribution in [0.3, 0.4) is 0 Å². The fraction of sp³-hybridized carbons (Fsp3) is 0.529. The van der Waals surface area contributed by atoms with Gasteiger partial charge in [0.25, 0.3) is 0 Å². The van der Waals surface area contributed by atoms with Crippen LogP contribution < -0.4 is 10.6 Å². The van der Waals surface area contributed by atoms with Crippen LogP contribution in [0.25, 0.3) is 0 Å². The lowest BCUT2D eigenvalue weighted by Gasteiger charge is -2.09. The molecule has 0 radical (unpaired) electrons. The van der Waals surface area contributed by atoms with Gasteiger partial charge in [-0.2, -0.15) is 0 Å². The Labute approximate surface area is 160 Å². The number of nitrogens with one attached hydrogen (secondary N) is 2. The highest BCUT2D eigenvalue weighted by molar-refractivity contribution is 14.0. The van der Waals surface area contributed by atoms with Crippen molar-refractivity contribution in [2.24, 2.45) is 4.99 Å². The van der Waals surface area contributed by atoms with Gasteiger partial charge in [-0.05, 0) is 31.9 Å². The predicted molar refractivity (Wildman–Crippen MR) is 106 cm³/mol. The SMILES string of the molecule is CCNC(=NCc1cc(C(CC)CC)no1)NCc1ccco1.I. The number of aliphatic imine (C=N–C) groups is 1. The van der Waals surface area contributed by atoms with Crippen molar-refractivity contribution in [3.8, 4) is 0 Å². The first-order valence-electron chi connectivity index (χ1n) is 8.26. The molecule has 2 rings (SSSR count). The van der Waals surface area contributed by atoms with Crippen LogP contribution in [-0.4, -0.2) is 17.7 Å². The van der Waals surface area contributed by atoms with Crippen LogP contribution >= 0.6 is 24.0 Å². The van der Waals surface area contributed by atoms with E-state index < -0.39 is 0 Å². The summed E-state index contributed by atoms with van der Waals surface area (Å²) in [7, 11) is 0. The van der Waals surface area contributed by atoms with Crippen LogP contribution in [0.15, 0.2) is 38.4 Å². The fourth-order valence-corrected chi connectivity index (χ4v) is 2.39. The number of nitrogens with zero attached hydrogens (tertiary/aromatic N) is 2. The second-order valence-corrected chi connectivity index (χ2v) is 5.36. The second-order valence-electron chi connectivity index (χ2n) is 5.36. The fourth-order valence-electron chi connectivity index (χ4n) is 2.39. The van der Waals surface area contributed by atoms with Gasteiger partial charge in [0.05, 0.1) is 18.5 Å². The molecule has 0 spiro atoms. The minimum absolute atomic E-state index is 0. The van der Waals surface area contributed by atoms with Crippen LogP contribution in [0.1, 0.15) is 56.7 Å². The second kappa shape index (κ2) is 11.1. The van der Waals surface area contributed by atoms with Gasteiger partial charge < -0.3 is 19.6 Å². The van der Waals surface area contributed by atoms with Crippen molar-refractivity contribution in [1.29, 1.82) is 0 Å². The van der Waals surface area contributed by atoms with Crippen molar-refractivity contribution in [3.05, 3.63) is 41.7 Å². The van der Waals surface area contributed by atoms with Gasteiger partial charge in [-0.3, -0.25) is 0 Å². The molecule has 0 unspecified atom stereocenters. The highest BCUT2D eigenvalue weighted by Gasteiger charge is 2.12. The van der Waals surface area contributed by atoms with Crippen LogP contribution in [0, 0.1) is 0 Å². The van der Waals surface area contributed by atoms with Gasteiger partial charge in [-0.25, -0.2) is 4.99 Å². The zero-order valence-corrected chi connectivity index (χ0v) is 16.9. The van der Waals surface area contributed by atoms with Crippen molar-refractivity contribution in [3.63, 3.8) is 0 Å². The molecule has 0 saturated heterocycles. The third-order valence-electron chi connectivity index (χ3n) is 3.73. The summed E-state index contributed by atoms with van der Waals surface area (Å²) in [5.74, 6) is 2.83. The third kappa shape index (κ3) is 6.18. The number of guanidine groups is 1. The quantitative estimate of drug-likeness (QED) is 0.364. The minimum atomic E-state index is 0. The van der Waals surface area contributed by atoms with Crippen molar-refractivity contribution in [1.82, 2.24) is 15.8 Å². The average Bonchev–Trinajstić information content (AvgIpc) is 3.23. The minimum Gasteiger partial charge on any atom is -0.467 e. The molecule has 24 heavy (non-hydrogen) atoms. The monoisotopic (exact) mass is 446 g/mol. The van der Waals surface area contributed by atoms with E-state index in [2.05, 4.69) is 34.6 Å². The molecule has 0 amide bonds. The van der Waals surface area contributed by atoms with E-state index in [0.29, 0.717) is 19.0 Å². The van der Waals surface area contributed by atoms with Crippen molar-refractivity contribution in [2.45, 2.75) is 52.6 Å². The molecular weight excluding hydrogens is 419 g/mol. The first-order chi connectivity index (χ1) is 11.3. The number of aromatic nitrogens is 1. The lowest BCUT2D eigenvalue weighted by molar-refractivity contribution is 0.372. The Hall–Kier alpha value is -1.51. The number of halogens is 1. The summed E-state index contributed by atoms with van der Waals surface area (Å²) in [5.41, 5.74) is 1.02. The normalized spacial score (nSPS) is 11.4. The van der Waals surface area contributed by atoms with E-state index in [1.807, 2.05) is 25.1 Å². The van der Waals surface area contributed by atoms with Crippen LogP contribution in [0.5, 0.6) is 0 Å². The topological polar surface area (TPSA) is 75.6 Å². The Morgan fingerprint density at radius 1 is 1.21 bits per heavy atom. The van der Waals surface area contributed by atoms with Crippen molar-refractivity contribution in [2.75, 3.05) is 6.54 Å². The van der Waals surface area contributed by atoms with Crippen molar-refractivity contribution < 1.29 is 8.94 Å². The van der Waals surface area contributed by atoms with Gasteiger partial charge >= 0.3 is 0 Å². The molecule has 2 N–H and O–H groups in total. The molecule has 2 heterocycles. The maximum Gasteiger partial charge on any atom is 0.192 e. The van der Waals surface area contributed by atoms with E-state index >= 15 is 0 Å². The molecule has 6 nitrogen and oxygen atoms in total. The highest BCUT2D eigenvalue weighted by atomic mass is 127. The van der Waals surface area contributed by atoms with E-state index in [1.165, 1.54) is 0 Å². The average molecular weight is 446 g/mol. The Bertz CT molecular complexity index is 592. The van der Waals surface area contributed by atoms with E-state index in [4.69, 9.17) is 8.94 Å². The lowest BCUT2D eigenvalue weighted by Crippen LogP contribution is -2.36. The number of rotatable bonds is 8. The molecule has 0 bridgehead atoms. The maximum absolute atomic E-state index is 5.40. The lowest BCUT2D eigenvalue weighted by atomic mass is 9.99. The third-order valence-corrected chi connectivity index (χ3v) is 3.73. The molecule has 0 aliphatic rings. The van der Waals surface area contributed by atoms with Gasteiger partial charge in [0.1, 0.15) is 12.3 Å². The van der Waals surface area contributed by atoms with E-state index in [0.717, 1.165) is 42.6 Å². The summed E-state index contributed by atoms with van der Waals surface area (Å²) in [4.78, 5) is 4.53. The smallest absolute Gasteiger partial charge is 0.192 e. The first kappa shape index (κ1) is 20.5. The van der Waals surface area contributed by atoms with E-state index in [9.17, 15) is 0 Å². The Morgan fingerprint density at radius 3 is 2.62 bits per heavy atom. The molecule has 7 heteroatoms. The Morgan fingerprint density at radius 2 is 2.00 bits per heavy atom. The first-order valence-corrected chi connectivity index (χ1v) is 8.26. The standard InChI is InChI=1S/C17H26N4O2.HI/c1-4-13(5-2)16-10-15(23-21-16)12-20-17(18-6-3)19-11-14-8-7-9-22-14;/h7-10,13H,4-6,11-12H2,1-3H3,(H2,18,19,20);1H. The van der Waals surface area contributed by atoms with Gasteiger partial charge in [-0.15, -0.1) is 24.0 Å². The van der Waals surface area contributed by atoms with Gasteiger partial charge in [0, 0.05) is 18.5 Å². The summed E-state index contributed by atoms with van der Waals surface area (Å²) in [6.45, 7) is 8.21. The predicted octanol–water partition coefficient (Wildman–Crippen LogP) is 4.04. The van der Waals surface area contributed by atoms with Gasteiger partial charge in [0.2, 0.25) is 0 Å². The summed E-state index contributed by atoms with van der Waals surface area (Å²) in [5, 5.41) is 10.6. The number of hydrogen-bond donors (Lipinski definition) is 2. The molecule has 0 aliphatic carbocycles. The molecule has 2 aromatic heterocycles. The molecule has 0 aliphatic heterocycles. The number of hydrogen-bond acceptors (Lipinski definition) is 4. The number of furan rings is 1. The van der Waals surface area contributed by atoms with Gasteiger partial charge in [0.15, 0.2) is 11.7 Å². The molecule has 0 fully saturated rings. The van der Waals surface area contributed by atoms with Crippen LogP contribution in [-0.2, 0) is 13.1 Å².